The highest BCUT2D eigenvalue weighted by molar-refractivity contribution is 7.98. The molecule has 0 aliphatic heterocycles. The molecule has 4 aromatic rings. The van der Waals surface area contributed by atoms with Gasteiger partial charge in [0.2, 0.25) is 10.0 Å². The highest BCUT2D eigenvalue weighted by Crippen LogP contribution is 2.27. The van der Waals surface area contributed by atoms with E-state index in [1.165, 1.54) is 23.9 Å². The summed E-state index contributed by atoms with van der Waals surface area (Å²) in [7, 11) is -4.07. The lowest BCUT2D eigenvalue weighted by molar-refractivity contribution is 0.504. The number of sulfonamides is 1. The summed E-state index contributed by atoms with van der Waals surface area (Å²) in [5.74, 6) is -1.69. The van der Waals surface area contributed by atoms with E-state index in [9.17, 15) is 21.6 Å². The predicted molar refractivity (Wildman–Crippen MR) is 127 cm³/mol. The van der Waals surface area contributed by atoms with Gasteiger partial charge in [0.15, 0.2) is 16.8 Å². The number of benzene rings is 3. The zero-order chi connectivity index (χ0) is 25.0. The third kappa shape index (κ3) is 5.92. The van der Waals surface area contributed by atoms with Crippen molar-refractivity contribution >= 4 is 21.8 Å². The van der Waals surface area contributed by atoms with Gasteiger partial charge in [0.05, 0.1) is 4.90 Å². The molecule has 4 rings (SSSR count). The fraction of sp³-hybridized carbons (Fsp3) is 0.167. The number of thioether (sulfide) groups is 1. The third-order valence-corrected chi connectivity index (χ3v) is 7.68. The van der Waals surface area contributed by atoms with Crippen LogP contribution >= 0.6 is 11.8 Å². The van der Waals surface area contributed by atoms with E-state index in [-0.39, 0.29) is 17.9 Å². The number of hydrogen-bond donors (Lipinski definition) is 1. The van der Waals surface area contributed by atoms with E-state index in [4.69, 9.17) is 0 Å². The van der Waals surface area contributed by atoms with Gasteiger partial charge in [-0.25, -0.2) is 26.3 Å². The van der Waals surface area contributed by atoms with Crippen molar-refractivity contribution in [1.82, 2.24) is 19.5 Å². The summed E-state index contributed by atoms with van der Waals surface area (Å²) in [5.41, 5.74) is 2.90. The number of rotatable bonds is 9. The van der Waals surface area contributed by atoms with Crippen LogP contribution in [0.1, 0.15) is 17.0 Å². The van der Waals surface area contributed by atoms with Crippen LogP contribution in [-0.4, -0.2) is 29.7 Å². The maximum atomic E-state index is 13.5. The van der Waals surface area contributed by atoms with Crippen molar-refractivity contribution in [3.05, 3.63) is 101 Å². The third-order valence-electron chi connectivity index (χ3n) is 5.25. The SMILES string of the molecule is Cc1ccccc1CSc1nnc(CCNS(=O)(=O)c2ccc(F)c(F)c2)n1-c1ccc(F)cc1. The second-order valence-corrected chi connectivity index (χ2v) is 10.4. The number of nitrogens with one attached hydrogen (secondary N) is 1. The van der Waals surface area contributed by atoms with Gasteiger partial charge in [0, 0.05) is 24.4 Å². The molecule has 0 fully saturated rings. The molecule has 0 saturated heterocycles. The highest BCUT2D eigenvalue weighted by Gasteiger charge is 2.19. The lowest BCUT2D eigenvalue weighted by Crippen LogP contribution is -2.27. The lowest BCUT2D eigenvalue weighted by Gasteiger charge is -2.12. The predicted octanol–water partition coefficient (Wildman–Crippen LogP) is 4.81. The summed E-state index contributed by atoms with van der Waals surface area (Å²) >= 11 is 1.45. The lowest BCUT2D eigenvalue weighted by atomic mass is 10.1. The summed E-state index contributed by atoms with van der Waals surface area (Å²) in [6.45, 7) is 1.95. The Morgan fingerprint density at radius 3 is 2.40 bits per heavy atom. The standard InChI is InChI=1S/C24H21F3N4O2S2/c1-16-4-2-3-5-17(16)15-34-24-30-29-23(31(24)19-8-6-18(25)7-9-19)12-13-28-35(32,33)20-10-11-21(26)22(27)14-20/h2-11,14,28H,12-13,15H2,1H3. The molecule has 3 aromatic carbocycles. The van der Waals surface area contributed by atoms with E-state index >= 15 is 0 Å². The summed E-state index contributed by atoms with van der Waals surface area (Å²) in [4.78, 5) is -0.383. The van der Waals surface area contributed by atoms with Gasteiger partial charge in [0.1, 0.15) is 11.6 Å². The Labute approximate surface area is 205 Å². The summed E-state index contributed by atoms with van der Waals surface area (Å²) in [6, 6.07) is 16.1. The minimum atomic E-state index is -4.07. The molecule has 6 nitrogen and oxygen atoms in total. The van der Waals surface area contributed by atoms with Crippen LogP contribution in [0.4, 0.5) is 13.2 Å². The summed E-state index contributed by atoms with van der Waals surface area (Å²) < 4.78 is 69.2. The number of halogens is 3. The van der Waals surface area contributed by atoms with E-state index in [1.807, 2.05) is 31.2 Å². The normalized spacial score (nSPS) is 11.7. The van der Waals surface area contributed by atoms with Crippen molar-refractivity contribution < 1.29 is 21.6 Å². The van der Waals surface area contributed by atoms with E-state index < -0.39 is 27.5 Å². The van der Waals surface area contributed by atoms with Crippen LogP contribution in [0.2, 0.25) is 0 Å². The molecule has 1 aromatic heterocycles. The topological polar surface area (TPSA) is 76.9 Å². The van der Waals surface area contributed by atoms with E-state index in [0.29, 0.717) is 28.5 Å². The van der Waals surface area contributed by atoms with Gasteiger partial charge in [-0.3, -0.25) is 4.57 Å². The quantitative estimate of drug-likeness (QED) is 0.322. The first-order valence-electron chi connectivity index (χ1n) is 10.6. The van der Waals surface area contributed by atoms with Gasteiger partial charge >= 0.3 is 0 Å². The first-order valence-corrected chi connectivity index (χ1v) is 13.0. The first-order chi connectivity index (χ1) is 16.7. The molecule has 0 aliphatic carbocycles. The molecule has 182 valence electrons. The van der Waals surface area contributed by atoms with Gasteiger partial charge < -0.3 is 0 Å². The second kappa shape index (κ2) is 10.6. The van der Waals surface area contributed by atoms with Crippen LogP contribution in [0.5, 0.6) is 0 Å². The Kier molecular flexibility index (Phi) is 7.58. The summed E-state index contributed by atoms with van der Waals surface area (Å²) in [5, 5.41) is 9.06. The Bertz CT molecular complexity index is 1440. The molecule has 0 radical (unpaired) electrons. The molecule has 1 heterocycles. The molecule has 0 bridgehead atoms. The van der Waals surface area contributed by atoms with Crippen LogP contribution in [0, 0.1) is 24.4 Å². The zero-order valence-electron chi connectivity index (χ0n) is 18.6. The molecule has 11 heteroatoms. The number of aryl methyl sites for hydroxylation is 1. The largest absolute Gasteiger partial charge is 0.274 e. The van der Waals surface area contributed by atoms with Crippen molar-refractivity contribution in [1.29, 1.82) is 0 Å². The molecular weight excluding hydrogens is 497 g/mol. The van der Waals surface area contributed by atoms with Crippen molar-refractivity contribution in [2.45, 2.75) is 29.1 Å². The molecule has 0 unspecified atom stereocenters. The fourth-order valence-electron chi connectivity index (χ4n) is 3.34. The van der Waals surface area contributed by atoms with Gasteiger partial charge in [-0.15, -0.1) is 10.2 Å². The Morgan fingerprint density at radius 1 is 0.943 bits per heavy atom. The van der Waals surface area contributed by atoms with E-state index in [2.05, 4.69) is 14.9 Å². The van der Waals surface area contributed by atoms with Crippen LogP contribution in [0.3, 0.4) is 0 Å². The smallest absolute Gasteiger partial charge is 0.240 e. The van der Waals surface area contributed by atoms with E-state index in [0.717, 1.165) is 23.3 Å². The molecule has 0 aliphatic rings. The molecule has 1 N–H and O–H groups in total. The highest BCUT2D eigenvalue weighted by atomic mass is 32.2. The molecule has 35 heavy (non-hydrogen) atoms. The molecule has 0 spiro atoms. The minimum Gasteiger partial charge on any atom is -0.274 e. The maximum Gasteiger partial charge on any atom is 0.240 e. The monoisotopic (exact) mass is 518 g/mol. The number of hydrogen-bond acceptors (Lipinski definition) is 5. The number of aromatic nitrogens is 3. The average molecular weight is 519 g/mol. The Balaban J connectivity index is 1.54. The Hall–Kier alpha value is -3.15. The summed E-state index contributed by atoms with van der Waals surface area (Å²) in [6.07, 6.45) is 0.151. The van der Waals surface area contributed by atoms with Crippen LogP contribution in [0.15, 0.2) is 76.8 Å². The fourth-order valence-corrected chi connectivity index (χ4v) is 5.43. The molecule has 0 amide bonds. The van der Waals surface area contributed by atoms with E-state index in [1.54, 1.807) is 16.7 Å². The minimum absolute atomic E-state index is 0.0664. The van der Waals surface area contributed by atoms with Crippen molar-refractivity contribution in [2.75, 3.05) is 6.54 Å². The van der Waals surface area contributed by atoms with Gasteiger partial charge in [0.25, 0.3) is 0 Å². The van der Waals surface area contributed by atoms with Crippen molar-refractivity contribution in [2.24, 2.45) is 0 Å². The second-order valence-electron chi connectivity index (χ2n) is 7.65. The molecule has 0 atom stereocenters. The van der Waals surface area contributed by atoms with Gasteiger partial charge in [-0.1, -0.05) is 36.0 Å². The van der Waals surface area contributed by atoms with Gasteiger partial charge in [-0.05, 0) is 60.5 Å². The maximum absolute atomic E-state index is 13.5. The van der Waals surface area contributed by atoms with Crippen LogP contribution in [0.25, 0.3) is 5.69 Å². The van der Waals surface area contributed by atoms with Crippen molar-refractivity contribution in [3.63, 3.8) is 0 Å². The molecular formula is C24H21F3N4O2S2. The number of nitrogens with zero attached hydrogens (tertiary/aromatic N) is 3. The van der Waals surface area contributed by atoms with Crippen LogP contribution in [-0.2, 0) is 22.2 Å². The van der Waals surface area contributed by atoms with Crippen molar-refractivity contribution in [3.8, 4) is 5.69 Å². The first kappa shape index (κ1) is 25.0. The zero-order valence-corrected chi connectivity index (χ0v) is 20.2. The Morgan fingerprint density at radius 2 is 1.69 bits per heavy atom. The van der Waals surface area contributed by atoms with Crippen LogP contribution < -0.4 is 4.72 Å². The molecule has 0 saturated carbocycles. The average Bonchev–Trinajstić information content (AvgIpc) is 3.23. The van der Waals surface area contributed by atoms with Gasteiger partial charge in [-0.2, -0.15) is 0 Å².